The Morgan fingerprint density at radius 2 is 1.97 bits per heavy atom. The number of hydrogen-bond donors (Lipinski definition) is 0. The Morgan fingerprint density at radius 1 is 1.17 bits per heavy atom. The standard InChI is InChI=1S/C22H21N5O3/c1-14(2)16-7-9-17(10-8-16)21-25-20(30-26-21)13-29-22(28)18-12-24-27(15(18)3)19-6-4-5-11-23-19/h4-12,14H,13H2,1-3H3. The number of hydrogen-bond acceptors (Lipinski definition) is 7. The van der Waals surface area contributed by atoms with E-state index in [2.05, 4.69) is 34.1 Å². The molecule has 30 heavy (non-hydrogen) atoms. The van der Waals surface area contributed by atoms with Crippen molar-refractivity contribution in [1.29, 1.82) is 0 Å². The van der Waals surface area contributed by atoms with Crippen LogP contribution >= 0.6 is 0 Å². The van der Waals surface area contributed by atoms with Crippen molar-refractivity contribution in [2.45, 2.75) is 33.3 Å². The molecular weight excluding hydrogens is 382 g/mol. The minimum absolute atomic E-state index is 0.121. The van der Waals surface area contributed by atoms with Crippen LogP contribution in [0.15, 0.2) is 59.4 Å². The molecule has 152 valence electrons. The zero-order valence-corrected chi connectivity index (χ0v) is 16.9. The Kier molecular flexibility index (Phi) is 5.38. The molecule has 0 bridgehead atoms. The summed E-state index contributed by atoms with van der Waals surface area (Å²) in [4.78, 5) is 21.0. The number of carbonyl (C=O) groups is 1. The zero-order valence-electron chi connectivity index (χ0n) is 16.9. The predicted molar refractivity (Wildman–Crippen MR) is 109 cm³/mol. The number of ether oxygens (including phenoxy) is 1. The van der Waals surface area contributed by atoms with E-state index in [0.29, 0.717) is 28.8 Å². The summed E-state index contributed by atoms with van der Waals surface area (Å²) in [6, 6.07) is 13.5. The SMILES string of the molecule is Cc1c(C(=O)OCc2nc(-c3ccc(C(C)C)cc3)no2)cnn1-c1ccccn1. The van der Waals surface area contributed by atoms with Gasteiger partial charge in [0.1, 0.15) is 5.56 Å². The van der Waals surface area contributed by atoms with Crippen molar-refractivity contribution in [2.75, 3.05) is 0 Å². The molecule has 0 aliphatic heterocycles. The van der Waals surface area contributed by atoms with E-state index < -0.39 is 5.97 Å². The molecule has 0 atom stereocenters. The maximum atomic E-state index is 12.5. The van der Waals surface area contributed by atoms with Gasteiger partial charge in [-0.1, -0.05) is 49.3 Å². The fraction of sp³-hybridized carbons (Fsp3) is 0.227. The van der Waals surface area contributed by atoms with Crippen LogP contribution in [0.25, 0.3) is 17.2 Å². The van der Waals surface area contributed by atoms with Gasteiger partial charge in [0.25, 0.3) is 5.89 Å². The van der Waals surface area contributed by atoms with Crippen LogP contribution in [0.1, 0.15) is 47.3 Å². The molecule has 0 aliphatic carbocycles. The zero-order chi connectivity index (χ0) is 21.1. The van der Waals surface area contributed by atoms with E-state index in [9.17, 15) is 4.79 Å². The lowest BCUT2D eigenvalue weighted by atomic mass is 10.0. The average Bonchev–Trinajstić information content (AvgIpc) is 3.39. The number of pyridine rings is 1. The van der Waals surface area contributed by atoms with Gasteiger partial charge in [0.15, 0.2) is 12.4 Å². The van der Waals surface area contributed by atoms with Crippen molar-refractivity contribution in [3.05, 3.63) is 77.6 Å². The summed E-state index contributed by atoms with van der Waals surface area (Å²) in [5.41, 5.74) is 3.06. The number of esters is 1. The summed E-state index contributed by atoms with van der Waals surface area (Å²) in [7, 11) is 0. The van der Waals surface area contributed by atoms with Crippen molar-refractivity contribution in [2.24, 2.45) is 0 Å². The number of nitrogens with zero attached hydrogens (tertiary/aromatic N) is 5. The highest BCUT2D eigenvalue weighted by atomic mass is 16.6. The van der Waals surface area contributed by atoms with Gasteiger partial charge < -0.3 is 9.26 Å². The Labute approximate surface area is 173 Å². The number of carbonyl (C=O) groups excluding carboxylic acids is 1. The van der Waals surface area contributed by atoms with Gasteiger partial charge >= 0.3 is 5.97 Å². The van der Waals surface area contributed by atoms with Crippen LogP contribution in [0.3, 0.4) is 0 Å². The van der Waals surface area contributed by atoms with Crippen LogP contribution in [-0.4, -0.2) is 30.9 Å². The van der Waals surface area contributed by atoms with Crippen LogP contribution in [-0.2, 0) is 11.3 Å². The molecule has 0 saturated heterocycles. The van der Waals surface area contributed by atoms with E-state index in [-0.39, 0.29) is 12.5 Å². The summed E-state index contributed by atoms with van der Waals surface area (Å²) in [6.45, 7) is 5.93. The molecule has 0 spiro atoms. The summed E-state index contributed by atoms with van der Waals surface area (Å²) in [5, 5.41) is 8.20. The Bertz CT molecular complexity index is 1150. The molecule has 0 saturated carbocycles. The molecule has 1 aromatic carbocycles. The van der Waals surface area contributed by atoms with Gasteiger partial charge in [-0.25, -0.2) is 14.5 Å². The third-order valence-electron chi connectivity index (χ3n) is 4.73. The van der Waals surface area contributed by atoms with Gasteiger partial charge in [0, 0.05) is 11.8 Å². The summed E-state index contributed by atoms with van der Waals surface area (Å²) in [6.07, 6.45) is 3.12. The first-order valence-corrected chi connectivity index (χ1v) is 9.59. The normalized spacial score (nSPS) is 11.1. The monoisotopic (exact) mass is 403 g/mol. The van der Waals surface area contributed by atoms with Gasteiger partial charge in [-0.15, -0.1) is 0 Å². The second kappa shape index (κ2) is 8.28. The molecule has 8 nitrogen and oxygen atoms in total. The topological polar surface area (TPSA) is 95.9 Å². The van der Waals surface area contributed by atoms with E-state index in [1.54, 1.807) is 17.8 Å². The molecule has 0 fully saturated rings. The molecule has 0 N–H and O–H groups in total. The summed E-state index contributed by atoms with van der Waals surface area (Å²) in [5.74, 6) is 1.23. The second-order valence-corrected chi connectivity index (χ2v) is 7.11. The van der Waals surface area contributed by atoms with Crippen molar-refractivity contribution in [3.63, 3.8) is 0 Å². The van der Waals surface area contributed by atoms with Crippen LogP contribution < -0.4 is 0 Å². The van der Waals surface area contributed by atoms with Crippen molar-refractivity contribution in [3.8, 4) is 17.2 Å². The molecule has 8 heteroatoms. The van der Waals surface area contributed by atoms with E-state index >= 15 is 0 Å². The fourth-order valence-electron chi connectivity index (χ4n) is 2.97. The van der Waals surface area contributed by atoms with Crippen LogP contribution in [0.2, 0.25) is 0 Å². The first-order valence-electron chi connectivity index (χ1n) is 9.59. The van der Waals surface area contributed by atoms with E-state index in [4.69, 9.17) is 9.26 Å². The largest absolute Gasteiger partial charge is 0.452 e. The lowest BCUT2D eigenvalue weighted by molar-refractivity contribution is 0.0429. The van der Waals surface area contributed by atoms with Crippen molar-refractivity contribution >= 4 is 5.97 Å². The first kappa shape index (κ1) is 19.5. The van der Waals surface area contributed by atoms with Crippen molar-refractivity contribution < 1.29 is 14.1 Å². The third kappa shape index (κ3) is 3.98. The highest BCUT2D eigenvalue weighted by Crippen LogP contribution is 2.21. The number of benzene rings is 1. The first-order chi connectivity index (χ1) is 14.5. The highest BCUT2D eigenvalue weighted by Gasteiger charge is 2.18. The molecule has 4 aromatic rings. The quantitative estimate of drug-likeness (QED) is 0.447. The molecular formula is C22H21N5O3. The minimum Gasteiger partial charge on any atom is -0.452 e. The molecule has 3 heterocycles. The Hall–Kier alpha value is -3.81. The lowest BCUT2D eigenvalue weighted by Gasteiger charge is -2.04. The fourth-order valence-corrected chi connectivity index (χ4v) is 2.97. The predicted octanol–water partition coefficient (Wildman–Crippen LogP) is 4.11. The van der Waals surface area contributed by atoms with Gasteiger partial charge in [-0.2, -0.15) is 10.1 Å². The maximum absolute atomic E-state index is 12.5. The maximum Gasteiger partial charge on any atom is 0.342 e. The summed E-state index contributed by atoms with van der Waals surface area (Å²) < 4.78 is 12.1. The van der Waals surface area contributed by atoms with Gasteiger partial charge in [-0.05, 0) is 30.5 Å². The van der Waals surface area contributed by atoms with Gasteiger partial charge in [-0.3, -0.25) is 0 Å². The van der Waals surface area contributed by atoms with Gasteiger partial charge in [0.2, 0.25) is 5.82 Å². The highest BCUT2D eigenvalue weighted by molar-refractivity contribution is 5.90. The minimum atomic E-state index is -0.518. The molecule has 0 unspecified atom stereocenters. The van der Waals surface area contributed by atoms with E-state index in [1.807, 2.05) is 42.5 Å². The average molecular weight is 403 g/mol. The molecule has 0 amide bonds. The third-order valence-corrected chi connectivity index (χ3v) is 4.73. The smallest absolute Gasteiger partial charge is 0.342 e. The Balaban J connectivity index is 1.42. The lowest BCUT2D eigenvalue weighted by Crippen LogP contribution is -2.08. The van der Waals surface area contributed by atoms with Crippen LogP contribution in [0.5, 0.6) is 0 Å². The van der Waals surface area contributed by atoms with E-state index in [0.717, 1.165) is 5.56 Å². The molecule has 4 rings (SSSR count). The number of rotatable bonds is 6. The molecule has 3 aromatic heterocycles. The Morgan fingerprint density at radius 3 is 2.67 bits per heavy atom. The van der Waals surface area contributed by atoms with Crippen molar-refractivity contribution in [1.82, 2.24) is 24.9 Å². The molecule has 0 aliphatic rings. The van der Waals surface area contributed by atoms with E-state index in [1.165, 1.54) is 11.8 Å². The summed E-state index contributed by atoms with van der Waals surface area (Å²) >= 11 is 0. The number of aromatic nitrogens is 5. The van der Waals surface area contributed by atoms with Crippen LogP contribution in [0.4, 0.5) is 0 Å². The van der Waals surface area contributed by atoms with Gasteiger partial charge in [0.05, 0.1) is 11.9 Å². The second-order valence-electron chi connectivity index (χ2n) is 7.11. The molecule has 0 radical (unpaired) electrons. The van der Waals surface area contributed by atoms with Crippen LogP contribution in [0, 0.1) is 6.92 Å².